The molecule has 148 valence electrons. The van der Waals surface area contributed by atoms with Crippen molar-refractivity contribution in [2.75, 3.05) is 7.11 Å². The van der Waals surface area contributed by atoms with Crippen molar-refractivity contribution in [2.45, 2.75) is 45.1 Å². The van der Waals surface area contributed by atoms with Gasteiger partial charge < -0.3 is 14.8 Å². The molecule has 6 heteroatoms. The average molecular weight is 383 g/mol. The molecule has 6 nitrogen and oxygen atoms in total. The largest absolute Gasteiger partial charge is 0.465 e. The fourth-order valence-corrected chi connectivity index (χ4v) is 3.88. The molecule has 0 amide bonds. The molecule has 0 fully saturated rings. The molecule has 0 radical (unpaired) electrons. The van der Waals surface area contributed by atoms with E-state index in [1.165, 1.54) is 7.11 Å². The number of ether oxygens (including phenoxy) is 2. The average Bonchev–Trinajstić information content (AvgIpc) is 2.66. The van der Waals surface area contributed by atoms with Crippen molar-refractivity contribution in [1.82, 2.24) is 5.32 Å². The van der Waals surface area contributed by atoms with Crippen LogP contribution in [0.25, 0.3) is 0 Å². The summed E-state index contributed by atoms with van der Waals surface area (Å²) in [7, 11) is 1.32. The van der Waals surface area contributed by atoms with Crippen LogP contribution < -0.4 is 5.32 Å². The minimum Gasteiger partial charge on any atom is -0.465 e. The van der Waals surface area contributed by atoms with Crippen LogP contribution in [0.1, 0.15) is 54.9 Å². The number of carbonyl (C=O) groups is 3. The van der Waals surface area contributed by atoms with Crippen molar-refractivity contribution in [3.05, 3.63) is 58.9 Å². The van der Waals surface area contributed by atoms with Gasteiger partial charge in [-0.15, -0.1) is 0 Å². The molecule has 0 bridgehead atoms. The molecule has 1 aliphatic carbocycles. The van der Waals surface area contributed by atoms with Crippen LogP contribution in [-0.2, 0) is 19.1 Å². The summed E-state index contributed by atoms with van der Waals surface area (Å²) in [5, 5.41) is 3.18. The van der Waals surface area contributed by atoms with Crippen LogP contribution in [0.4, 0.5) is 0 Å². The molecule has 1 aliphatic heterocycles. The second-order valence-electron chi connectivity index (χ2n) is 7.37. The maximum absolute atomic E-state index is 12.9. The summed E-state index contributed by atoms with van der Waals surface area (Å²) in [6.45, 7) is 7.61. The van der Waals surface area contributed by atoms with Crippen LogP contribution in [0.3, 0.4) is 0 Å². The minimum atomic E-state index is -0.716. The number of esters is 2. The Morgan fingerprint density at radius 3 is 2.46 bits per heavy atom. The van der Waals surface area contributed by atoms with Crippen LogP contribution in [0.5, 0.6) is 0 Å². The SMILES string of the molecule is C=C1NC2=C(C(=O)CCC2)C(c2ccc(C(=O)OC)cc2)C1C(=O)OC(C)C. The normalized spacial score (nSPS) is 21.9. The van der Waals surface area contributed by atoms with Crippen molar-refractivity contribution in [1.29, 1.82) is 0 Å². The van der Waals surface area contributed by atoms with Crippen LogP contribution in [0, 0.1) is 5.92 Å². The number of allylic oxidation sites excluding steroid dienone is 2. The third-order valence-corrected chi connectivity index (χ3v) is 5.08. The van der Waals surface area contributed by atoms with E-state index in [2.05, 4.69) is 11.9 Å². The first-order valence-corrected chi connectivity index (χ1v) is 9.44. The van der Waals surface area contributed by atoms with E-state index in [-0.39, 0.29) is 11.9 Å². The van der Waals surface area contributed by atoms with Crippen molar-refractivity contribution < 1.29 is 23.9 Å². The van der Waals surface area contributed by atoms with Crippen molar-refractivity contribution in [3.8, 4) is 0 Å². The first-order valence-electron chi connectivity index (χ1n) is 9.44. The molecule has 2 aliphatic rings. The van der Waals surface area contributed by atoms with Gasteiger partial charge in [0.25, 0.3) is 0 Å². The van der Waals surface area contributed by atoms with Crippen molar-refractivity contribution in [3.63, 3.8) is 0 Å². The van der Waals surface area contributed by atoms with Gasteiger partial charge in [-0.05, 0) is 44.4 Å². The van der Waals surface area contributed by atoms with Crippen molar-refractivity contribution in [2.24, 2.45) is 5.92 Å². The van der Waals surface area contributed by atoms with E-state index in [4.69, 9.17) is 9.47 Å². The van der Waals surface area contributed by atoms with Gasteiger partial charge in [0.1, 0.15) is 5.92 Å². The Balaban J connectivity index is 2.08. The fraction of sp³-hybridized carbons (Fsp3) is 0.409. The predicted octanol–water partition coefficient (Wildman–Crippen LogP) is 3.25. The van der Waals surface area contributed by atoms with Gasteiger partial charge >= 0.3 is 11.9 Å². The molecule has 2 unspecified atom stereocenters. The van der Waals surface area contributed by atoms with Gasteiger partial charge in [-0.1, -0.05) is 18.7 Å². The van der Waals surface area contributed by atoms with E-state index >= 15 is 0 Å². The van der Waals surface area contributed by atoms with E-state index in [9.17, 15) is 14.4 Å². The molecule has 2 atom stereocenters. The van der Waals surface area contributed by atoms with Crippen LogP contribution >= 0.6 is 0 Å². The lowest BCUT2D eigenvalue weighted by molar-refractivity contribution is -0.151. The standard InChI is InChI=1S/C22H25NO5/c1-12(2)28-22(26)18-13(3)23-16-6-5-7-17(24)20(16)19(18)14-8-10-15(11-9-14)21(25)27-4/h8-12,18-19,23H,3,5-7H2,1-2,4H3. The Labute approximate surface area is 164 Å². The molecule has 1 N–H and O–H groups in total. The Morgan fingerprint density at radius 1 is 1.18 bits per heavy atom. The van der Waals surface area contributed by atoms with Crippen LogP contribution in [0.2, 0.25) is 0 Å². The highest BCUT2D eigenvalue weighted by molar-refractivity contribution is 6.00. The zero-order valence-electron chi connectivity index (χ0n) is 16.4. The zero-order valence-corrected chi connectivity index (χ0v) is 16.4. The molecule has 0 aromatic heterocycles. The molecular weight excluding hydrogens is 358 g/mol. The zero-order chi connectivity index (χ0) is 20.4. The molecule has 1 aromatic rings. The lowest BCUT2D eigenvalue weighted by Gasteiger charge is -2.38. The van der Waals surface area contributed by atoms with Gasteiger partial charge in [0.15, 0.2) is 5.78 Å². The van der Waals surface area contributed by atoms with Gasteiger partial charge in [-0.2, -0.15) is 0 Å². The summed E-state index contributed by atoms with van der Waals surface area (Å²) >= 11 is 0. The van der Waals surface area contributed by atoms with Crippen LogP contribution in [0.15, 0.2) is 47.8 Å². The number of carbonyl (C=O) groups excluding carboxylic acids is 3. The Morgan fingerprint density at radius 2 is 1.86 bits per heavy atom. The van der Waals surface area contributed by atoms with E-state index in [1.54, 1.807) is 38.1 Å². The molecule has 1 aromatic carbocycles. The number of benzene rings is 1. The molecular formula is C22H25NO5. The number of hydrogen-bond donors (Lipinski definition) is 1. The Bertz CT molecular complexity index is 850. The van der Waals surface area contributed by atoms with E-state index < -0.39 is 23.8 Å². The molecule has 28 heavy (non-hydrogen) atoms. The molecule has 0 spiro atoms. The van der Waals surface area contributed by atoms with Gasteiger partial charge in [0.2, 0.25) is 0 Å². The molecule has 3 rings (SSSR count). The predicted molar refractivity (Wildman–Crippen MR) is 103 cm³/mol. The van der Waals surface area contributed by atoms with Crippen LogP contribution in [-0.4, -0.2) is 30.9 Å². The molecule has 1 heterocycles. The third kappa shape index (κ3) is 3.72. The summed E-state index contributed by atoms with van der Waals surface area (Å²) in [4.78, 5) is 37.4. The van der Waals surface area contributed by atoms with E-state index in [1.807, 2.05) is 0 Å². The number of rotatable bonds is 4. The smallest absolute Gasteiger partial charge is 0.337 e. The third-order valence-electron chi connectivity index (χ3n) is 5.08. The maximum atomic E-state index is 12.9. The number of ketones is 1. The van der Waals surface area contributed by atoms with Gasteiger partial charge in [0.05, 0.1) is 18.8 Å². The van der Waals surface area contributed by atoms with Crippen molar-refractivity contribution >= 4 is 17.7 Å². The first kappa shape index (κ1) is 19.9. The number of Topliss-reactive ketones (excluding diaryl/α,β-unsaturated/α-hetero) is 1. The summed E-state index contributed by atoms with van der Waals surface area (Å²) in [6, 6.07) is 6.81. The lowest BCUT2D eigenvalue weighted by atomic mass is 9.71. The number of methoxy groups -OCH3 is 1. The highest BCUT2D eigenvalue weighted by atomic mass is 16.5. The summed E-state index contributed by atoms with van der Waals surface area (Å²) in [5.74, 6) is -2.03. The minimum absolute atomic E-state index is 0.0330. The Kier molecular flexibility index (Phi) is 5.68. The number of nitrogens with one attached hydrogen (secondary N) is 1. The van der Waals surface area contributed by atoms with E-state index in [0.29, 0.717) is 23.3 Å². The summed E-state index contributed by atoms with van der Waals surface area (Å²) in [6.07, 6.45) is 1.69. The first-order chi connectivity index (χ1) is 13.3. The summed E-state index contributed by atoms with van der Waals surface area (Å²) < 4.78 is 10.2. The Hall–Kier alpha value is -2.89. The number of hydrogen-bond acceptors (Lipinski definition) is 6. The second-order valence-corrected chi connectivity index (χ2v) is 7.37. The topological polar surface area (TPSA) is 81.7 Å². The maximum Gasteiger partial charge on any atom is 0.337 e. The summed E-state index contributed by atoms with van der Waals surface area (Å²) in [5.41, 5.74) is 3.15. The monoisotopic (exact) mass is 383 g/mol. The van der Waals surface area contributed by atoms with Gasteiger partial charge in [-0.25, -0.2) is 4.79 Å². The van der Waals surface area contributed by atoms with Gasteiger partial charge in [-0.3, -0.25) is 9.59 Å². The quantitative estimate of drug-likeness (QED) is 0.804. The molecule has 0 saturated heterocycles. The fourth-order valence-electron chi connectivity index (χ4n) is 3.88. The highest BCUT2D eigenvalue weighted by Gasteiger charge is 2.44. The second kappa shape index (κ2) is 8.00. The lowest BCUT2D eigenvalue weighted by Crippen LogP contribution is -2.41. The molecule has 0 saturated carbocycles. The highest BCUT2D eigenvalue weighted by Crippen LogP contribution is 2.44. The van der Waals surface area contributed by atoms with E-state index in [0.717, 1.165) is 24.1 Å². The van der Waals surface area contributed by atoms with Gasteiger partial charge in [0, 0.05) is 29.3 Å².